The van der Waals surface area contributed by atoms with Crippen LogP contribution in [0.3, 0.4) is 0 Å². The highest BCUT2D eigenvalue weighted by Crippen LogP contribution is 2.18. The predicted molar refractivity (Wildman–Crippen MR) is 56.2 cm³/mol. The number of nitro groups is 1. The molecule has 0 saturated carbocycles. The highest BCUT2D eigenvalue weighted by molar-refractivity contribution is 9.10. The van der Waals surface area contributed by atoms with Crippen LogP contribution in [0.25, 0.3) is 6.08 Å². The lowest BCUT2D eigenvalue weighted by Gasteiger charge is -1.97. The van der Waals surface area contributed by atoms with Crippen molar-refractivity contribution < 1.29 is 10.0 Å². The van der Waals surface area contributed by atoms with E-state index < -0.39 is 11.5 Å². The summed E-state index contributed by atoms with van der Waals surface area (Å²) in [5.41, 5.74) is 0.449. The van der Waals surface area contributed by atoms with Gasteiger partial charge >= 0.3 is 0 Å². The fourth-order valence-electron chi connectivity index (χ4n) is 0.928. The molecular formula is C9H8BrNO3. The smallest absolute Gasteiger partial charge is 0.272 e. The van der Waals surface area contributed by atoms with Gasteiger partial charge in [0.25, 0.3) is 5.70 Å². The summed E-state index contributed by atoms with van der Waals surface area (Å²) in [6.07, 6.45) is 1.34. The first-order chi connectivity index (χ1) is 6.65. The SMILES string of the molecule is O=[N+]([O-])/C(=C/c1ccccc1Br)CO. The van der Waals surface area contributed by atoms with Crippen LogP contribution in [0.5, 0.6) is 0 Å². The van der Waals surface area contributed by atoms with Crippen molar-refractivity contribution >= 4 is 22.0 Å². The molecule has 0 aliphatic carbocycles. The van der Waals surface area contributed by atoms with Gasteiger partial charge in [0, 0.05) is 10.5 Å². The van der Waals surface area contributed by atoms with Crippen LogP contribution in [0.1, 0.15) is 5.56 Å². The second kappa shape index (κ2) is 4.88. The Morgan fingerprint density at radius 3 is 2.71 bits per heavy atom. The fraction of sp³-hybridized carbons (Fsp3) is 0.111. The second-order valence-corrected chi connectivity index (χ2v) is 3.43. The van der Waals surface area contributed by atoms with Gasteiger partial charge in [-0.05, 0) is 11.6 Å². The van der Waals surface area contributed by atoms with Crippen molar-refractivity contribution in [3.63, 3.8) is 0 Å². The zero-order valence-electron chi connectivity index (χ0n) is 7.18. The van der Waals surface area contributed by atoms with E-state index >= 15 is 0 Å². The third-order valence-corrected chi connectivity index (χ3v) is 2.35. The molecule has 1 aromatic rings. The van der Waals surface area contributed by atoms with Crippen LogP contribution >= 0.6 is 15.9 Å². The molecule has 1 aromatic carbocycles. The van der Waals surface area contributed by atoms with E-state index in [0.29, 0.717) is 5.56 Å². The Morgan fingerprint density at radius 1 is 1.57 bits per heavy atom. The number of rotatable bonds is 3. The number of aliphatic hydroxyl groups excluding tert-OH is 1. The number of nitrogens with zero attached hydrogens (tertiary/aromatic N) is 1. The van der Waals surface area contributed by atoms with Crippen molar-refractivity contribution in [3.05, 3.63) is 50.1 Å². The van der Waals surface area contributed by atoms with Crippen LogP contribution in [0.2, 0.25) is 0 Å². The summed E-state index contributed by atoms with van der Waals surface area (Å²) in [5, 5.41) is 19.1. The van der Waals surface area contributed by atoms with E-state index in [2.05, 4.69) is 15.9 Å². The van der Waals surface area contributed by atoms with Crippen molar-refractivity contribution in [2.75, 3.05) is 6.61 Å². The van der Waals surface area contributed by atoms with E-state index in [9.17, 15) is 10.1 Å². The lowest BCUT2D eigenvalue weighted by atomic mass is 10.2. The normalized spacial score (nSPS) is 11.4. The zero-order valence-corrected chi connectivity index (χ0v) is 8.77. The summed E-state index contributed by atoms with van der Waals surface area (Å²) < 4.78 is 0.757. The van der Waals surface area contributed by atoms with Gasteiger partial charge in [-0.15, -0.1) is 0 Å². The van der Waals surface area contributed by atoms with E-state index in [1.165, 1.54) is 6.08 Å². The van der Waals surface area contributed by atoms with Crippen molar-refractivity contribution in [2.45, 2.75) is 0 Å². The molecule has 0 aliphatic rings. The average Bonchev–Trinajstić information content (AvgIpc) is 2.16. The van der Waals surface area contributed by atoms with Crippen molar-refractivity contribution in [2.24, 2.45) is 0 Å². The van der Waals surface area contributed by atoms with Gasteiger partial charge in [-0.1, -0.05) is 34.1 Å². The third kappa shape index (κ3) is 2.65. The van der Waals surface area contributed by atoms with E-state index in [1.54, 1.807) is 18.2 Å². The Labute approximate surface area is 89.2 Å². The van der Waals surface area contributed by atoms with E-state index in [-0.39, 0.29) is 5.70 Å². The molecule has 1 N–H and O–H groups in total. The first kappa shape index (κ1) is 10.9. The summed E-state index contributed by atoms with van der Waals surface area (Å²) in [4.78, 5) is 9.81. The van der Waals surface area contributed by atoms with E-state index in [1.807, 2.05) is 6.07 Å². The van der Waals surface area contributed by atoms with Gasteiger partial charge < -0.3 is 5.11 Å². The Balaban J connectivity index is 3.07. The number of aliphatic hydroxyl groups is 1. The molecule has 0 fully saturated rings. The molecule has 0 aromatic heterocycles. The fourth-order valence-corrected chi connectivity index (χ4v) is 1.33. The Hall–Kier alpha value is -1.20. The summed E-state index contributed by atoms with van der Waals surface area (Å²) in [6.45, 7) is -0.575. The first-order valence-electron chi connectivity index (χ1n) is 3.85. The molecule has 0 radical (unpaired) electrons. The highest BCUT2D eigenvalue weighted by atomic mass is 79.9. The second-order valence-electron chi connectivity index (χ2n) is 2.57. The monoisotopic (exact) mass is 257 g/mol. The standard InChI is InChI=1S/C9H8BrNO3/c10-9-4-2-1-3-7(9)5-8(6-12)11(13)14/h1-5,12H,6H2/b8-5+. The Morgan fingerprint density at radius 2 is 2.21 bits per heavy atom. The summed E-state index contributed by atoms with van der Waals surface area (Å²) in [5.74, 6) is 0. The van der Waals surface area contributed by atoms with Gasteiger partial charge in [0.15, 0.2) is 0 Å². The van der Waals surface area contributed by atoms with Gasteiger partial charge in [-0.3, -0.25) is 10.1 Å². The van der Waals surface area contributed by atoms with Crippen molar-refractivity contribution in [1.82, 2.24) is 0 Å². The summed E-state index contributed by atoms with van der Waals surface area (Å²) >= 11 is 3.25. The first-order valence-corrected chi connectivity index (χ1v) is 4.65. The molecule has 0 saturated heterocycles. The third-order valence-electron chi connectivity index (χ3n) is 1.62. The lowest BCUT2D eigenvalue weighted by Crippen LogP contribution is -2.02. The number of hydrogen-bond acceptors (Lipinski definition) is 3. The van der Waals surface area contributed by atoms with Gasteiger partial charge in [-0.25, -0.2) is 0 Å². The summed E-state index contributed by atoms with van der Waals surface area (Å²) in [7, 11) is 0. The molecule has 0 atom stereocenters. The number of hydrogen-bond donors (Lipinski definition) is 1. The van der Waals surface area contributed by atoms with Gasteiger partial charge in [0.1, 0.15) is 6.61 Å². The molecule has 0 amide bonds. The van der Waals surface area contributed by atoms with Gasteiger partial charge in [-0.2, -0.15) is 0 Å². The van der Waals surface area contributed by atoms with Crippen LogP contribution in [0, 0.1) is 10.1 Å². The lowest BCUT2D eigenvalue weighted by molar-refractivity contribution is -0.428. The molecule has 1 rings (SSSR count). The molecule has 5 heteroatoms. The van der Waals surface area contributed by atoms with Gasteiger partial charge in [0.05, 0.1) is 4.92 Å². The van der Waals surface area contributed by atoms with Crippen LogP contribution in [0.4, 0.5) is 0 Å². The molecule has 4 nitrogen and oxygen atoms in total. The Bertz CT molecular complexity index is 376. The average molecular weight is 258 g/mol. The van der Waals surface area contributed by atoms with Crippen LogP contribution < -0.4 is 0 Å². The Kier molecular flexibility index (Phi) is 3.79. The minimum atomic E-state index is -0.598. The molecule has 0 heterocycles. The maximum Gasteiger partial charge on any atom is 0.272 e. The van der Waals surface area contributed by atoms with Gasteiger partial charge in [0.2, 0.25) is 0 Å². The largest absolute Gasteiger partial charge is 0.385 e. The molecule has 0 spiro atoms. The zero-order chi connectivity index (χ0) is 10.6. The number of halogens is 1. The summed E-state index contributed by atoms with van der Waals surface area (Å²) in [6, 6.07) is 7.09. The molecular weight excluding hydrogens is 250 g/mol. The molecule has 0 bridgehead atoms. The minimum Gasteiger partial charge on any atom is -0.385 e. The number of benzene rings is 1. The van der Waals surface area contributed by atoms with Crippen LogP contribution in [0.15, 0.2) is 34.4 Å². The highest BCUT2D eigenvalue weighted by Gasteiger charge is 2.09. The van der Waals surface area contributed by atoms with Crippen molar-refractivity contribution in [1.29, 1.82) is 0 Å². The van der Waals surface area contributed by atoms with E-state index in [4.69, 9.17) is 5.11 Å². The maximum absolute atomic E-state index is 10.4. The minimum absolute atomic E-state index is 0.225. The molecule has 0 aliphatic heterocycles. The molecule has 14 heavy (non-hydrogen) atoms. The molecule has 74 valence electrons. The quantitative estimate of drug-likeness (QED) is 0.666. The van der Waals surface area contributed by atoms with Crippen LogP contribution in [-0.2, 0) is 0 Å². The van der Waals surface area contributed by atoms with E-state index in [0.717, 1.165) is 4.47 Å². The maximum atomic E-state index is 10.4. The van der Waals surface area contributed by atoms with Crippen molar-refractivity contribution in [3.8, 4) is 0 Å². The van der Waals surface area contributed by atoms with Crippen LogP contribution in [-0.4, -0.2) is 16.6 Å². The topological polar surface area (TPSA) is 63.4 Å². The predicted octanol–water partition coefficient (Wildman–Crippen LogP) is 2.06. The molecule has 0 unspecified atom stereocenters.